The first-order valence-corrected chi connectivity index (χ1v) is 7.32. The van der Waals surface area contributed by atoms with Crippen molar-refractivity contribution in [2.45, 2.75) is 0 Å². The summed E-state index contributed by atoms with van der Waals surface area (Å²) in [7, 11) is 0. The van der Waals surface area contributed by atoms with Crippen molar-refractivity contribution in [2.75, 3.05) is 0 Å². The number of nitrogens with zero attached hydrogens (tertiary/aromatic N) is 1. The maximum Gasteiger partial charge on any atom is 0.343 e. The Kier molecular flexibility index (Phi) is 4.60. The van der Waals surface area contributed by atoms with Gasteiger partial charge in [0, 0.05) is 18.2 Å². The number of ether oxygens (including phenoxy) is 1. The molecule has 0 atom stereocenters. The molecule has 1 aromatic heterocycles. The number of hydrogen-bond donors (Lipinski definition) is 0. The smallest absolute Gasteiger partial charge is 0.343 e. The van der Waals surface area contributed by atoms with Crippen molar-refractivity contribution >= 4 is 18.2 Å². The maximum atomic E-state index is 12.0. The van der Waals surface area contributed by atoms with Crippen molar-refractivity contribution < 1.29 is 14.1 Å². The summed E-state index contributed by atoms with van der Waals surface area (Å²) >= 11 is 0. The van der Waals surface area contributed by atoms with Crippen LogP contribution in [0.2, 0.25) is 0 Å². The molecule has 0 amide bonds. The van der Waals surface area contributed by atoms with E-state index in [1.807, 2.05) is 77.8 Å². The van der Waals surface area contributed by atoms with Gasteiger partial charge >= 0.3 is 5.97 Å². The van der Waals surface area contributed by atoms with Gasteiger partial charge in [-0.15, -0.1) is 0 Å². The van der Waals surface area contributed by atoms with E-state index in [2.05, 4.69) is 0 Å². The lowest BCUT2D eigenvalue weighted by atomic mass is 10.2. The molecular weight excluding hydrogens is 286 g/mol. The predicted molar refractivity (Wildman–Crippen MR) is 89.7 cm³/mol. The lowest BCUT2D eigenvalue weighted by molar-refractivity contribution is -0.567. The average molecular weight is 302 g/mol. The van der Waals surface area contributed by atoms with Gasteiger partial charge in [0.25, 0.3) is 0 Å². The molecule has 0 aliphatic rings. The summed E-state index contributed by atoms with van der Waals surface area (Å²) in [5.41, 5.74) is 1.57. The van der Waals surface area contributed by atoms with Crippen molar-refractivity contribution in [1.82, 2.24) is 0 Å². The lowest BCUT2D eigenvalue weighted by Gasteiger charge is -2.04. The number of hydrogen-bond acceptors (Lipinski definition) is 2. The van der Waals surface area contributed by atoms with Crippen LogP contribution in [0.25, 0.3) is 12.3 Å². The van der Waals surface area contributed by atoms with Crippen LogP contribution in [0.15, 0.2) is 85.2 Å². The first-order valence-electron chi connectivity index (χ1n) is 7.32. The molecule has 0 N–H and O–H groups in total. The molecule has 0 radical (unpaired) electrons. The van der Waals surface area contributed by atoms with Crippen LogP contribution in [0.1, 0.15) is 15.9 Å². The topological polar surface area (TPSA) is 30.2 Å². The van der Waals surface area contributed by atoms with Crippen LogP contribution in [0.5, 0.6) is 5.75 Å². The summed E-state index contributed by atoms with van der Waals surface area (Å²) in [6, 6.07) is 22.3. The van der Waals surface area contributed by atoms with Gasteiger partial charge in [0.1, 0.15) is 5.75 Å². The van der Waals surface area contributed by atoms with Crippen LogP contribution in [-0.4, -0.2) is 5.97 Å². The second-order valence-corrected chi connectivity index (χ2v) is 4.96. The Morgan fingerprint density at radius 3 is 2.17 bits per heavy atom. The van der Waals surface area contributed by atoms with Crippen LogP contribution >= 0.6 is 0 Å². The third-order valence-electron chi connectivity index (χ3n) is 3.28. The van der Waals surface area contributed by atoms with E-state index in [1.54, 1.807) is 24.3 Å². The number of rotatable bonds is 4. The van der Waals surface area contributed by atoms with Crippen molar-refractivity contribution in [1.29, 1.82) is 0 Å². The number of carbonyl (C=O) groups is 1. The molecule has 1 heterocycles. The van der Waals surface area contributed by atoms with Crippen molar-refractivity contribution in [2.24, 2.45) is 0 Å². The zero-order chi connectivity index (χ0) is 15.9. The zero-order valence-electron chi connectivity index (χ0n) is 12.5. The van der Waals surface area contributed by atoms with Crippen molar-refractivity contribution in [3.8, 4) is 5.75 Å². The second-order valence-electron chi connectivity index (χ2n) is 4.96. The van der Waals surface area contributed by atoms with Gasteiger partial charge in [-0.2, -0.15) is 4.57 Å². The third-order valence-corrected chi connectivity index (χ3v) is 3.28. The van der Waals surface area contributed by atoms with E-state index in [0.717, 1.165) is 5.56 Å². The highest BCUT2D eigenvalue weighted by molar-refractivity contribution is 5.90. The minimum atomic E-state index is -0.353. The van der Waals surface area contributed by atoms with Crippen LogP contribution in [-0.2, 0) is 0 Å². The number of carbonyl (C=O) groups excluding carboxylic acids is 1. The van der Waals surface area contributed by atoms with Gasteiger partial charge in [0.2, 0.25) is 0 Å². The molecule has 3 aromatic rings. The van der Waals surface area contributed by atoms with Crippen LogP contribution in [0, 0.1) is 0 Å². The Labute approximate surface area is 135 Å². The second kappa shape index (κ2) is 7.18. The summed E-state index contributed by atoms with van der Waals surface area (Å²) in [5.74, 6) is 0.178. The summed E-state index contributed by atoms with van der Waals surface area (Å²) < 4.78 is 7.31. The molecule has 0 aliphatic heterocycles. The van der Waals surface area contributed by atoms with E-state index in [0.29, 0.717) is 11.3 Å². The fourth-order valence-electron chi connectivity index (χ4n) is 2.07. The molecule has 3 rings (SSSR count). The molecule has 0 saturated carbocycles. The molecule has 0 bridgehead atoms. The summed E-state index contributed by atoms with van der Waals surface area (Å²) in [5, 5.41) is 0. The van der Waals surface area contributed by atoms with Crippen molar-refractivity contribution in [3.63, 3.8) is 0 Å². The first kappa shape index (κ1) is 14.7. The third kappa shape index (κ3) is 4.14. The molecule has 0 saturated heterocycles. The van der Waals surface area contributed by atoms with E-state index >= 15 is 0 Å². The molecule has 3 nitrogen and oxygen atoms in total. The molecule has 0 spiro atoms. The highest BCUT2D eigenvalue weighted by Gasteiger charge is 2.07. The van der Waals surface area contributed by atoms with Crippen LogP contribution in [0.3, 0.4) is 0 Å². The number of benzene rings is 2. The Morgan fingerprint density at radius 1 is 0.826 bits per heavy atom. The SMILES string of the molecule is O=C(Oc1ccc(/C=C\[n+]2ccccc2)cc1)c1ccccc1. The number of pyridine rings is 1. The minimum Gasteiger partial charge on any atom is -0.423 e. The van der Waals surface area contributed by atoms with Crippen molar-refractivity contribution in [3.05, 3.63) is 96.3 Å². The molecular formula is C20H16NO2+. The Morgan fingerprint density at radius 2 is 1.48 bits per heavy atom. The van der Waals surface area contributed by atoms with Gasteiger partial charge in [0.15, 0.2) is 18.6 Å². The monoisotopic (exact) mass is 302 g/mol. The van der Waals surface area contributed by atoms with Gasteiger partial charge in [-0.25, -0.2) is 4.79 Å². The van der Waals surface area contributed by atoms with Gasteiger partial charge in [-0.05, 0) is 29.8 Å². The summed E-state index contributed by atoms with van der Waals surface area (Å²) in [6.45, 7) is 0. The van der Waals surface area contributed by atoms with E-state index in [-0.39, 0.29) is 5.97 Å². The average Bonchev–Trinajstić information content (AvgIpc) is 2.63. The normalized spacial score (nSPS) is 10.6. The molecule has 3 heteroatoms. The summed E-state index contributed by atoms with van der Waals surface area (Å²) in [4.78, 5) is 12.0. The Bertz CT molecular complexity index is 794. The van der Waals surface area contributed by atoms with E-state index in [1.165, 1.54) is 0 Å². The minimum absolute atomic E-state index is 0.353. The molecule has 0 unspecified atom stereocenters. The molecule has 112 valence electrons. The van der Waals surface area contributed by atoms with E-state index in [9.17, 15) is 4.79 Å². The van der Waals surface area contributed by atoms with Gasteiger partial charge in [-0.1, -0.05) is 36.4 Å². The summed E-state index contributed by atoms with van der Waals surface area (Å²) in [6.07, 6.45) is 7.88. The van der Waals surface area contributed by atoms with Gasteiger partial charge in [0.05, 0.1) is 5.56 Å². The zero-order valence-corrected chi connectivity index (χ0v) is 12.5. The molecule has 0 fully saturated rings. The Hall–Kier alpha value is -3.20. The van der Waals surface area contributed by atoms with Gasteiger partial charge in [-0.3, -0.25) is 0 Å². The quantitative estimate of drug-likeness (QED) is 0.416. The maximum absolute atomic E-state index is 12.0. The first-order chi connectivity index (χ1) is 11.3. The number of aromatic nitrogens is 1. The fraction of sp³-hybridized carbons (Fsp3) is 0. The highest BCUT2D eigenvalue weighted by atomic mass is 16.5. The fourth-order valence-corrected chi connectivity index (χ4v) is 2.07. The largest absolute Gasteiger partial charge is 0.423 e. The lowest BCUT2D eigenvalue weighted by Crippen LogP contribution is -2.23. The standard InChI is InChI=1S/C20H16NO2/c22-20(18-7-3-1-4-8-18)23-19-11-9-17(10-12-19)13-16-21-14-5-2-6-15-21/h1-16H/q+1/b16-13-. The van der Waals surface area contributed by atoms with Gasteiger partial charge < -0.3 is 4.74 Å². The number of esters is 1. The van der Waals surface area contributed by atoms with Crippen LogP contribution in [0.4, 0.5) is 0 Å². The van der Waals surface area contributed by atoms with Crippen LogP contribution < -0.4 is 9.30 Å². The van der Waals surface area contributed by atoms with E-state index < -0.39 is 0 Å². The molecule has 0 aliphatic carbocycles. The molecule has 2 aromatic carbocycles. The Balaban J connectivity index is 1.65. The van der Waals surface area contributed by atoms with E-state index in [4.69, 9.17) is 4.74 Å². The molecule has 23 heavy (non-hydrogen) atoms. The highest BCUT2D eigenvalue weighted by Crippen LogP contribution is 2.15. The predicted octanol–water partition coefficient (Wildman–Crippen LogP) is 3.82.